The quantitative estimate of drug-likeness (QED) is 0.636. The third kappa shape index (κ3) is 2.68. The lowest BCUT2D eigenvalue weighted by Gasteiger charge is -2.15. The van der Waals surface area contributed by atoms with Crippen molar-refractivity contribution in [3.05, 3.63) is 0 Å². The topological polar surface area (TPSA) is 54.0 Å². The SMILES string of the molecule is COC(=O)CC1COC(C2CCOC2)O1. The van der Waals surface area contributed by atoms with Crippen molar-refractivity contribution in [1.82, 2.24) is 0 Å². The Morgan fingerprint density at radius 1 is 1.47 bits per heavy atom. The highest BCUT2D eigenvalue weighted by Gasteiger charge is 2.35. The lowest BCUT2D eigenvalue weighted by atomic mass is 10.1. The predicted molar refractivity (Wildman–Crippen MR) is 50.2 cm³/mol. The lowest BCUT2D eigenvalue weighted by molar-refractivity contribution is -0.145. The number of hydrogen-bond donors (Lipinski definition) is 0. The third-order valence-electron chi connectivity index (χ3n) is 2.74. The first kappa shape index (κ1) is 10.9. The van der Waals surface area contributed by atoms with Crippen molar-refractivity contribution in [2.45, 2.75) is 25.2 Å². The Kier molecular flexibility index (Phi) is 3.56. The van der Waals surface area contributed by atoms with E-state index in [-0.39, 0.29) is 24.8 Å². The standard InChI is InChI=1S/C10H16O5/c1-12-9(11)4-8-6-14-10(15-8)7-2-3-13-5-7/h7-8,10H,2-6H2,1H3. The van der Waals surface area contributed by atoms with Gasteiger partial charge in [-0.25, -0.2) is 0 Å². The lowest BCUT2D eigenvalue weighted by Crippen LogP contribution is -2.23. The Balaban J connectivity index is 1.76. The molecule has 2 aliphatic rings. The Morgan fingerprint density at radius 3 is 3.00 bits per heavy atom. The van der Waals surface area contributed by atoms with Gasteiger partial charge >= 0.3 is 5.97 Å². The molecule has 2 fully saturated rings. The second-order valence-electron chi connectivity index (χ2n) is 3.86. The van der Waals surface area contributed by atoms with E-state index in [4.69, 9.17) is 14.2 Å². The molecule has 5 nitrogen and oxygen atoms in total. The van der Waals surface area contributed by atoms with E-state index in [1.807, 2.05) is 0 Å². The molecule has 0 aromatic heterocycles. The number of hydrogen-bond acceptors (Lipinski definition) is 5. The van der Waals surface area contributed by atoms with Gasteiger partial charge in [0.15, 0.2) is 6.29 Å². The van der Waals surface area contributed by atoms with Crippen LogP contribution in [0.25, 0.3) is 0 Å². The molecule has 15 heavy (non-hydrogen) atoms. The molecule has 5 heteroatoms. The highest BCUT2D eigenvalue weighted by atomic mass is 16.7. The van der Waals surface area contributed by atoms with Gasteiger partial charge in [0.1, 0.15) is 0 Å². The van der Waals surface area contributed by atoms with Crippen LogP contribution in [-0.4, -0.2) is 45.3 Å². The molecule has 3 atom stereocenters. The van der Waals surface area contributed by atoms with Crippen LogP contribution in [0.1, 0.15) is 12.8 Å². The Labute approximate surface area is 88.6 Å². The van der Waals surface area contributed by atoms with Crippen molar-refractivity contribution in [2.75, 3.05) is 26.9 Å². The molecule has 0 amide bonds. The van der Waals surface area contributed by atoms with Gasteiger partial charge < -0.3 is 18.9 Å². The molecule has 0 aromatic rings. The van der Waals surface area contributed by atoms with E-state index in [1.165, 1.54) is 7.11 Å². The summed E-state index contributed by atoms with van der Waals surface area (Å²) in [6.45, 7) is 1.93. The van der Waals surface area contributed by atoms with Gasteiger partial charge in [-0.3, -0.25) is 4.79 Å². The molecular weight excluding hydrogens is 200 g/mol. The van der Waals surface area contributed by atoms with Crippen LogP contribution >= 0.6 is 0 Å². The largest absolute Gasteiger partial charge is 0.469 e. The fourth-order valence-electron chi connectivity index (χ4n) is 1.86. The molecule has 0 aromatic carbocycles. The summed E-state index contributed by atoms with van der Waals surface area (Å²) in [4.78, 5) is 11.0. The molecule has 0 N–H and O–H groups in total. The summed E-state index contributed by atoms with van der Waals surface area (Å²) < 4.78 is 20.9. The zero-order chi connectivity index (χ0) is 10.7. The summed E-state index contributed by atoms with van der Waals surface area (Å²) in [5, 5.41) is 0. The molecule has 0 radical (unpaired) electrons. The van der Waals surface area contributed by atoms with Crippen molar-refractivity contribution in [2.24, 2.45) is 5.92 Å². The third-order valence-corrected chi connectivity index (χ3v) is 2.74. The number of rotatable bonds is 3. The number of carbonyl (C=O) groups excluding carboxylic acids is 1. The summed E-state index contributed by atoms with van der Waals surface area (Å²) in [5.41, 5.74) is 0. The minimum Gasteiger partial charge on any atom is -0.469 e. The van der Waals surface area contributed by atoms with E-state index in [0.29, 0.717) is 19.1 Å². The number of methoxy groups -OCH3 is 1. The molecule has 2 heterocycles. The number of esters is 1. The van der Waals surface area contributed by atoms with Gasteiger partial charge in [0, 0.05) is 12.5 Å². The summed E-state index contributed by atoms with van der Waals surface area (Å²) >= 11 is 0. The Hall–Kier alpha value is -0.650. The summed E-state index contributed by atoms with van der Waals surface area (Å²) in [6, 6.07) is 0. The first-order valence-corrected chi connectivity index (χ1v) is 5.21. The molecule has 2 saturated heterocycles. The first-order valence-electron chi connectivity index (χ1n) is 5.21. The minimum atomic E-state index is -0.257. The predicted octanol–water partition coefficient (Wildman–Crippen LogP) is 0.327. The van der Waals surface area contributed by atoms with Crippen LogP contribution in [0.3, 0.4) is 0 Å². The maximum absolute atomic E-state index is 11.0. The van der Waals surface area contributed by atoms with E-state index < -0.39 is 0 Å². The summed E-state index contributed by atoms with van der Waals surface area (Å²) in [6.07, 6.45) is 0.862. The number of ether oxygens (including phenoxy) is 4. The highest BCUT2D eigenvalue weighted by molar-refractivity contribution is 5.69. The van der Waals surface area contributed by atoms with Gasteiger partial charge in [-0.05, 0) is 6.42 Å². The summed E-state index contributed by atoms with van der Waals surface area (Å²) in [5.74, 6) is 0.0552. The average molecular weight is 216 g/mol. The van der Waals surface area contributed by atoms with Gasteiger partial charge in [0.2, 0.25) is 0 Å². The van der Waals surface area contributed by atoms with Crippen LogP contribution in [0.5, 0.6) is 0 Å². The fourth-order valence-corrected chi connectivity index (χ4v) is 1.86. The second-order valence-corrected chi connectivity index (χ2v) is 3.86. The van der Waals surface area contributed by atoms with E-state index in [2.05, 4.69) is 4.74 Å². The van der Waals surface area contributed by atoms with Gasteiger partial charge in [-0.1, -0.05) is 0 Å². The first-order chi connectivity index (χ1) is 7.29. The highest BCUT2D eigenvalue weighted by Crippen LogP contribution is 2.26. The van der Waals surface area contributed by atoms with Gasteiger partial charge in [-0.15, -0.1) is 0 Å². The smallest absolute Gasteiger partial charge is 0.308 e. The van der Waals surface area contributed by atoms with Crippen LogP contribution < -0.4 is 0 Å². The van der Waals surface area contributed by atoms with Crippen LogP contribution in [-0.2, 0) is 23.7 Å². The van der Waals surface area contributed by atoms with Gasteiger partial charge in [0.25, 0.3) is 0 Å². The minimum absolute atomic E-state index is 0.164. The van der Waals surface area contributed by atoms with Gasteiger partial charge in [0.05, 0.1) is 32.8 Å². The Morgan fingerprint density at radius 2 is 2.33 bits per heavy atom. The van der Waals surface area contributed by atoms with E-state index in [9.17, 15) is 4.79 Å². The van der Waals surface area contributed by atoms with Crippen molar-refractivity contribution in [3.63, 3.8) is 0 Å². The maximum Gasteiger partial charge on any atom is 0.308 e. The molecular formula is C10H16O5. The molecule has 0 bridgehead atoms. The maximum atomic E-state index is 11.0. The molecule has 3 unspecified atom stereocenters. The van der Waals surface area contributed by atoms with Crippen molar-refractivity contribution < 1.29 is 23.7 Å². The molecule has 86 valence electrons. The molecule has 0 aliphatic carbocycles. The Bertz CT molecular complexity index is 224. The average Bonchev–Trinajstić information content (AvgIpc) is 2.85. The monoisotopic (exact) mass is 216 g/mol. The molecule has 2 rings (SSSR count). The van der Waals surface area contributed by atoms with Crippen molar-refractivity contribution in [3.8, 4) is 0 Å². The van der Waals surface area contributed by atoms with Crippen molar-refractivity contribution >= 4 is 5.97 Å². The van der Waals surface area contributed by atoms with E-state index in [0.717, 1.165) is 13.0 Å². The second kappa shape index (κ2) is 4.92. The zero-order valence-corrected chi connectivity index (χ0v) is 8.81. The van der Waals surface area contributed by atoms with Gasteiger partial charge in [-0.2, -0.15) is 0 Å². The van der Waals surface area contributed by atoms with Crippen LogP contribution in [0.2, 0.25) is 0 Å². The molecule has 0 saturated carbocycles. The van der Waals surface area contributed by atoms with E-state index in [1.54, 1.807) is 0 Å². The molecule has 0 spiro atoms. The van der Waals surface area contributed by atoms with Crippen LogP contribution in [0.15, 0.2) is 0 Å². The zero-order valence-electron chi connectivity index (χ0n) is 8.81. The van der Waals surface area contributed by atoms with E-state index >= 15 is 0 Å². The number of carbonyl (C=O) groups is 1. The van der Waals surface area contributed by atoms with Crippen molar-refractivity contribution in [1.29, 1.82) is 0 Å². The van der Waals surface area contributed by atoms with Crippen LogP contribution in [0, 0.1) is 5.92 Å². The summed E-state index contributed by atoms with van der Waals surface area (Å²) in [7, 11) is 1.38. The van der Waals surface area contributed by atoms with Crippen LogP contribution in [0.4, 0.5) is 0 Å². The fraction of sp³-hybridized carbons (Fsp3) is 0.900. The molecule has 2 aliphatic heterocycles. The normalized spacial score (nSPS) is 35.7.